The molecule has 0 amide bonds. The maximum atomic E-state index is 11.3. The lowest BCUT2D eigenvalue weighted by Gasteiger charge is -2.59. The summed E-state index contributed by atoms with van der Waals surface area (Å²) < 4.78 is 22.6. The van der Waals surface area contributed by atoms with Crippen molar-refractivity contribution < 1.29 is 8.42 Å². The molecule has 1 atom stereocenters. The lowest BCUT2D eigenvalue weighted by atomic mass is 9.47. The van der Waals surface area contributed by atoms with Crippen LogP contribution in [0.25, 0.3) is 0 Å². The zero-order chi connectivity index (χ0) is 13.0. The van der Waals surface area contributed by atoms with Gasteiger partial charge in [0.25, 0.3) is 0 Å². The molecule has 104 valence electrons. The van der Waals surface area contributed by atoms with E-state index in [0.717, 1.165) is 17.8 Å². The Kier molecular flexibility index (Phi) is 3.02. The van der Waals surface area contributed by atoms with Crippen molar-refractivity contribution >= 4 is 9.84 Å². The van der Waals surface area contributed by atoms with Crippen molar-refractivity contribution in [2.24, 2.45) is 28.9 Å². The average molecular weight is 271 g/mol. The molecular formula is C14H25NO2S. The number of rotatable bonds is 4. The van der Waals surface area contributed by atoms with E-state index in [9.17, 15) is 8.42 Å². The van der Waals surface area contributed by atoms with Gasteiger partial charge >= 0.3 is 0 Å². The predicted octanol–water partition coefficient (Wildman–Crippen LogP) is 1.96. The Hall–Kier alpha value is -0.0900. The van der Waals surface area contributed by atoms with Crippen LogP contribution in [-0.4, -0.2) is 26.5 Å². The molecule has 0 heterocycles. The quantitative estimate of drug-likeness (QED) is 0.850. The summed E-state index contributed by atoms with van der Waals surface area (Å²) in [6, 6.07) is 0.0978. The molecule has 0 aromatic carbocycles. The van der Waals surface area contributed by atoms with Crippen LogP contribution in [-0.2, 0) is 9.84 Å². The third kappa shape index (κ3) is 2.34. The first-order valence-electron chi connectivity index (χ1n) is 7.30. The maximum Gasteiger partial charge on any atom is 0.147 e. The molecule has 3 nitrogen and oxygen atoms in total. The molecule has 4 rings (SSSR count). The maximum absolute atomic E-state index is 11.3. The van der Waals surface area contributed by atoms with Crippen molar-refractivity contribution in [2.45, 2.75) is 51.0 Å². The summed E-state index contributed by atoms with van der Waals surface area (Å²) in [5.74, 6) is 2.93. The van der Waals surface area contributed by atoms with Crippen molar-refractivity contribution in [1.82, 2.24) is 0 Å². The molecule has 0 radical (unpaired) electrons. The monoisotopic (exact) mass is 271 g/mol. The molecule has 4 aliphatic rings. The van der Waals surface area contributed by atoms with Crippen LogP contribution in [0.4, 0.5) is 0 Å². The van der Waals surface area contributed by atoms with Gasteiger partial charge in [0.1, 0.15) is 9.84 Å². The third-order valence-corrected chi connectivity index (χ3v) is 6.65. The Labute approximate surface area is 110 Å². The second-order valence-corrected chi connectivity index (χ2v) is 9.56. The van der Waals surface area contributed by atoms with E-state index < -0.39 is 9.84 Å². The predicted molar refractivity (Wildman–Crippen MR) is 72.9 cm³/mol. The topological polar surface area (TPSA) is 60.2 Å². The molecule has 2 N–H and O–H groups in total. The van der Waals surface area contributed by atoms with E-state index in [0.29, 0.717) is 11.8 Å². The highest BCUT2D eigenvalue weighted by Crippen LogP contribution is 2.61. The molecule has 18 heavy (non-hydrogen) atoms. The molecule has 0 saturated heterocycles. The fourth-order valence-electron chi connectivity index (χ4n) is 5.28. The van der Waals surface area contributed by atoms with Gasteiger partial charge < -0.3 is 5.73 Å². The van der Waals surface area contributed by atoms with Gasteiger partial charge in [-0.05, 0) is 68.1 Å². The van der Waals surface area contributed by atoms with Gasteiger partial charge in [-0.3, -0.25) is 0 Å². The summed E-state index contributed by atoms with van der Waals surface area (Å²) in [6.45, 7) is 0. The minimum atomic E-state index is -2.87. The fraction of sp³-hybridized carbons (Fsp3) is 1.00. The van der Waals surface area contributed by atoms with E-state index in [4.69, 9.17) is 5.73 Å². The number of sulfone groups is 1. The number of hydrogen-bond donors (Lipinski definition) is 1. The second-order valence-electron chi connectivity index (χ2n) is 7.30. The molecule has 4 aliphatic carbocycles. The first-order chi connectivity index (χ1) is 8.36. The van der Waals surface area contributed by atoms with Gasteiger partial charge in [-0.2, -0.15) is 0 Å². The highest BCUT2D eigenvalue weighted by atomic mass is 32.2. The first kappa shape index (κ1) is 12.9. The molecule has 0 aromatic rings. The van der Waals surface area contributed by atoms with E-state index in [2.05, 4.69) is 0 Å². The molecule has 4 bridgehead atoms. The van der Waals surface area contributed by atoms with Crippen molar-refractivity contribution in [3.63, 3.8) is 0 Å². The van der Waals surface area contributed by atoms with Gasteiger partial charge in [0.2, 0.25) is 0 Å². The molecule has 4 saturated carbocycles. The first-order valence-corrected chi connectivity index (χ1v) is 9.36. The molecule has 0 aliphatic heterocycles. The highest BCUT2D eigenvalue weighted by molar-refractivity contribution is 7.90. The van der Waals surface area contributed by atoms with E-state index in [1.54, 1.807) is 0 Å². The lowest BCUT2D eigenvalue weighted by molar-refractivity contribution is -0.0672. The van der Waals surface area contributed by atoms with Crippen LogP contribution in [0, 0.1) is 23.2 Å². The minimum Gasteiger partial charge on any atom is -0.327 e. The smallest absolute Gasteiger partial charge is 0.147 e. The van der Waals surface area contributed by atoms with Gasteiger partial charge in [-0.25, -0.2) is 8.42 Å². The Morgan fingerprint density at radius 1 is 1.11 bits per heavy atom. The highest BCUT2D eigenvalue weighted by Gasteiger charge is 2.53. The molecule has 1 unspecified atom stereocenters. The van der Waals surface area contributed by atoms with Crippen molar-refractivity contribution in [2.75, 3.05) is 12.0 Å². The zero-order valence-electron chi connectivity index (χ0n) is 11.3. The summed E-state index contributed by atoms with van der Waals surface area (Å²) in [7, 11) is -2.87. The Bertz CT molecular complexity index is 394. The number of nitrogens with two attached hydrogens (primary N) is 1. The second kappa shape index (κ2) is 4.20. The van der Waals surface area contributed by atoms with Crippen molar-refractivity contribution in [3.05, 3.63) is 0 Å². The summed E-state index contributed by atoms with van der Waals surface area (Å²) >= 11 is 0. The number of hydrogen-bond acceptors (Lipinski definition) is 3. The normalized spacial score (nSPS) is 44.2. The largest absolute Gasteiger partial charge is 0.327 e. The molecular weight excluding hydrogens is 246 g/mol. The summed E-state index contributed by atoms with van der Waals surface area (Å²) in [4.78, 5) is 0. The van der Waals surface area contributed by atoms with Gasteiger partial charge in [0.05, 0.1) is 5.75 Å². The molecule has 4 fully saturated rings. The van der Waals surface area contributed by atoms with Crippen LogP contribution in [0.2, 0.25) is 0 Å². The average Bonchev–Trinajstić information content (AvgIpc) is 2.22. The summed E-state index contributed by atoms with van der Waals surface area (Å²) in [5, 5.41) is 0. The van der Waals surface area contributed by atoms with Crippen LogP contribution in [0.5, 0.6) is 0 Å². The van der Waals surface area contributed by atoms with E-state index in [-0.39, 0.29) is 11.8 Å². The standard InChI is InChI=1S/C14H25NO2S/c1-18(16,17)3-2-13(15)14-7-10-4-11(8-14)6-12(5-10)9-14/h10-13H,2-9,15H2,1H3. The van der Waals surface area contributed by atoms with Crippen LogP contribution >= 0.6 is 0 Å². The van der Waals surface area contributed by atoms with E-state index in [1.165, 1.54) is 44.8 Å². The van der Waals surface area contributed by atoms with Crippen LogP contribution in [0.15, 0.2) is 0 Å². The van der Waals surface area contributed by atoms with Crippen molar-refractivity contribution in [1.29, 1.82) is 0 Å². The van der Waals surface area contributed by atoms with Gasteiger partial charge in [-0.15, -0.1) is 0 Å². The van der Waals surface area contributed by atoms with Gasteiger partial charge in [0.15, 0.2) is 0 Å². The minimum absolute atomic E-state index is 0.0978. The Balaban J connectivity index is 1.71. The molecule has 4 heteroatoms. The molecule has 0 aromatic heterocycles. The Morgan fingerprint density at radius 2 is 1.56 bits per heavy atom. The molecule has 0 spiro atoms. The van der Waals surface area contributed by atoms with Gasteiger partial charge in [0, 0.05) is 12.3 Å². The SMILES string of the molecule is CS(=O)(=O)CCC(N)C12CC3CC(CC(C3)C1)C2. The van der Waals surface area contributed by atoms with Gasteiger partial charge in [-0.1, -0.05) is 0 Å². The Morgan fingerprint density at radius 3 is 1.94 bits per heavy atom. The third-order valence-electron chi connectivity index (χ3n) is 5.67. The van der Waals surface area contributed by atoms with E-state index in [1.807, 2.05) is 0 Å². The fourth-order valence-corrected chi connectivity index (χ4v) is 5.96. The summed E-state index contributed by atoms with van der Waals surface area (Å²) in [6.07, 6.45) is 10.0. The van der Waals surface area contributed by atoms with Crippen molar-refractivity contribution in [3.8, 4) is 0 Å². The van der Waals surface area contributed by atoms with Crippen LogP contribution < -0.4 is 5.73 Å². The van der Waals surface area contributed by atoms with E-state index >= 15 is 0 Å². The van der Waals surface area contributed by atoms with Crippen LogP contribution in [0.1, 0.15) is 44.9 Å². The van der Waals surface area contributed by atoms with Crippen LogP contribution in [0.3, 0.4) is 0 Å². The lowest BCUT2D eigenvalue weighted by Crippen LogP contribution is -2.54. The zero-order valence-corrected chi connectivity index (χ0v) is 12.1. The summed E-state index contributed by atoms with van der Waals surface area (Å²) in [5.41, 5.74) is 6.71.